The van der Waals surface area contributed by atoms with Crippen LogP contribution < -0.4 is 10.6 Å². The number of H-pyrrole nitrogens is 1. The lowest BCUT2D eigenvalue weighted by atomic mass is 10.0. The van der Waals surface area contributed by atoms with Gasteiger partial charge in [-0.25, -0.2) is 14.4 Å². The number of aromatic nitrogens is 4. The minimum Gasteiger partial charge on any atom is -0.368 e. The number of anilines is 1. The number of nitrogens with two attached hydrogens (primary N) is 1. The Bertz CT molecular complexity index is 1340. The van der Waals surface area contributed by atoms with Crippen LogP contribution in [0.2, 0.25) is 0 Å². The van der Waals surface area contributed by atoms with Crippen molar-refractivity contribution in [3.63, 3.8) is 0 Å². The standard InChI is InChI=1S/C23H20FN7/c1-23(26)6-8-31(13-23)21-16(14-5-7-28-15(9-14)10-25)11-27-12-17(21)22-29-19-4-2-3-18(24)20(19)30-22/h2-5,7,9,11-12H,6,8,13,26H2,1H3,(H,29,30)/t23-/m0/s1. The van der Waals surface area contributed by atoms with Gasteiger partial charge in [0, 0.05) is 42.8 Å². The van der Waals surface area contributed by atoms with E-state index in [4.69, 9.17) is 5.73 Å². The van der Waals surface area contributed by atoms with Crippen LogP contribution in [-0.4, -0.2) is 38.6 Å². The highest BCUT2D eigenvalue weighted by Gasteiger charge is 2.33. The Labute approximate surface area is 178 Å². The molecule has 1 atom stereocenters. The highest BCUT2D eigenvalue weighted by atomic mass is 19.1. The Kier molecular flexibility index (Phi) is 4.41. The highest BCUT2D eigenvalue weighted by molar-refractivity contribution is 5.91. The molecule has 0 amide bonds. The molecule has 4 aromatic rings. The predicted molar refractivity (Wildman–Crippen MR) is 117 cm³/mol. The molecule has 1 saturated heterocycles. The lowest BCUT2D eigenvalue weighted by molar-refractivity contribution is 0.525. The summed E-state index contributed by atoms with van der Waals surface area (Å²) in [5, 5.41) is 9.29. The first-order valence-electron chi connectivity index (χ1n) is 9.98. The van der Waals surface area contributed by atoms with Crippen LogP contribution in [0.3, 0.4) is 0 Å². The number of hydrogen-bond acceptors (Lipinski definition) is 6. The third-order valence-corrected chi connectivity index (χ3v) is 5.64. The van der Waals surface area contributed by atoms with Crippen LogP contribution in [0.4, 0.5) is 10.1 Å². The molecular weight excluding hydrogens is 393 g/mol. The summed E-state index contributed by atoms with van der Waals surface area (Å²) in [5.41, 5.74) is 10.6. The van der Waals surface area contributed by atoms with Gasteiger partial charge in [0.15, 0.2) is 5.82 Å². The van der Waals surface area contributed by atoms with E-state index in [1.165, 1.54) is 6.07 Å². The molecule has 154 valence electrons. The van der Waals surface area contributed by atoms with Crippen molar-refractivity contribution in [1.82, 2.24) is 19.9 Å². The van der Waals surface area contributed by atoms with Crippen molar-refractivity contribution >= 4 is 16.7 Å². The van der Waals surface area contributed by atoms with Gasteiger partial charge in [-0.3, -0.25) is 4.98 Å². The van der Waals surface area contributed by atoms with Crippen LogP contribution in [0.5, 0.6) is 0 Å². The quantitative estimate of drug-likeness (QED) is 0.531. The summed E-state index contributed by atoms with van der Waals surface area (Å²) < 4.78 is 14.3. The Hall–Kier alpha value is -3.83. The van der Waals surface area contributed by atoms with E-state index in [2.05, 4.69) is 30.9 Å². The second-order valence-corrected chi connectivity index (χ2v) is 8.17. The maximum absolute atomic E-state index is 14.3. The summed E-state index contributed by atoms with van der Waals surface area (Å²) in [7, 11) is 0. The Morgan fingerprint density at radius 1 is 1.26 bits per heavy atom. The Morgan fingerprint density at radius 3 is 2.84 bits per heavy atom. The smallest absolute Gasteiger partial charge is 0.151 e. The molecular formula is C23H20FN7. The summed E-state index contributed by atoms with van der Waals surface area (Å²) in [6.07, 6.45) is 5.94. The van der Waals surface area contributed by atoms with Crippen molar-refractivity contribution in [3.05, 3.63) is 60.4 Å². The molecule has 0 spiro atoms. The molecule has 7 nitrogen and oxygen atoms in total. The van der Waals surface area contributed by atoms with Crippen molar-refractivity contribution < 1.29 is 4.39 Å². The van der Waals surface area contributed by atoms with Gasteiger partial charge in [0.1, 0.15) is 23.1 Å². The SMILES string of the molecule is C[C@]1(N)CCN(c2c(-c3ccnc(C#N)c3)cncc2-c2nc3c(F)cccc3[nH]2)C1. The van der Waals surface area contributed by atoms with Crippen molar-refractivity contribution in [2.45, 2.75) is 18.9 Å². The van der Waals surface area contributed by atoms with Crippen molar-refractivity contribution in [1.29, 1.82) is 5.26 Å². The molecule has 1 aliphatic rings. The minimum absolute atomic E-state index is 0.287. The number of rotatable bonds is 3. The van der Waals surface area contributed by atoms with Crippen molar-refractivity contribution in [2.24, 2.45) is 5.73 Å². The zero-order chi connectivity index (χ0) is 21.6. The fraction of sp³-hybridized carbons (Fsp3) is 0.217. The number of hydrogen-bond donors (Lipinski definition) is 2. The zero-order valence-corrected chi connectivity index (χ0v) is 16.9. The molecule has 0 saturated carbocycles. The van der Waals surface area contributed by atoms with Crippen molar-refractivity contribution in [3.8, 4) is 28.6 Å². The second-order valence-electron chi connectivity index (χ2n) is 8.17. The molecule has 0 radical (unpaired) electrons. The number of benzene rings is 1. The molecule has 1 aliphatic heterocycles. The van der Waals surface area contributed by atoms with Crippen LogP contribution in [0, 0.1) is 17.1 Å². The first kappa shape index (κ1) is 19.2. The normalized spacial score (nSPS) is 18.5. The summed E-state index contributed by atoms with van der Waals surface area (Å²) in [6, 6.07) is 10.5. The fourth-order valence-electron chi connectivity index (χ4n) is 4.14. The number of aromatic amines is 1. The van der Waals surface area contributed by atoms with Crippen LogP contribution in [0.15, 0.2) is 48.9 Å². The van der Waals surface area contributed by atoms with Crippen LogP contribution in [0.25, 0.3) is 33.5 Å². The number of halogens is 1. The van der Waals surface area contributed by atoms with E-state index in [1.54, 1.807) is 36.8 Å². The number of imidazole rings is 1. The molecule has 3 N–H and O–H groups in total. The molecule has 5 rings (SSSR count). The Balaban J connectivity index is 1.74. The van der Waals surface area contributed by atoms with Gasteiger partial charge in [-0.2, -0.15) is 5.26 Å². The van der Waals surface area contributed by atoms with Gasteiger partial charge in [-0.15, -0.1) is 0 Å². The minimum atomic E-state index is -0.380. The second kappa shape index (κ2) is 7.15. The average Bonchev–Trinajstić information content (AvgIpc) is 3.37. The Morgan fingerprint density at radius 2 is 2.10 bits per heavy atom. The number of fused-ring (bicyclic) bond motifs is 1. The molecule has 3 aromatic heterocycles. The van der Waals surface area contributed by atoms with Crippen LogP contribution in [-0.2, 0) is 0 Å². The first-order chi connectivity index (χ1) is 14.9. The summed E-state index contributed by atoms with van der Waals surface area (Å²) in [6.45, 7) is 3.45. The number of para-hydroxylation sites is 1. The lowest BCUT2D eigenvalue weighted by Crippen LogP contribution is -2.39. The molecule has 8 heteroatoms. The molecule has 1 aromatic carbocycles. The summed E-state index contributed by atoms with van der Waals surface area (Å²) in [5.74, 6) is 0.152. The van der Waals surface area contributed by atoms with Gasteiger partial charge in [-0.1, -0.05) is 6.07 Å². The zero-order valence-electron chi connectivity index (χ0n) is 16.9. The topological polar surface area (TPSA) is 108 Å². The molecule has 0 bridgehead atoms. The van der Waals surface area contributed by atoms with E-state index in [0.717, 1.165) is 35.3 Å². The van der Waals surface area contributed by atoms with E-state index in [1.807, 2.05) is 13.0 Å². The highest BCUT2D eigenvalue weighted by Crippen LogP contribution is 2.41. The van der Waals surface area contributed by atoms with Crippen molar-refractivity contribution in [2.75, 3.05) is 18.0 Å². The van der Waals surface area contributed by atoms with Crippen LogP contribution in [0.1, 0.15) is 19.0 Å². The molecule has 4 heterocycles. The van der Waals surface area contributed by atoms with Gasteiger partial charge in [-0.05, 0) is 43.2 Å². The molecule has 0 aliphatic carbocycles. The number of nitrogens with one attached hydrogen (secondary N) is 1. The van der Waals surface area contributed by atoms with E-state index in [9.17, 15) is 9.65 Å². The third-order valence-electron chi connectivity index (χ3n) is 5.64. The number of nitrogens with zero attached hydrogens (tertiary/aromatic N) is 5. The van der Waals surface area contributed by atoms with Gasteiger partial charge >= 0.3 is 0 Å². The van der Waals surface area contributed by atoms with E-state index >= 15 is 0 Å². The first-order valence-corrected chi connectivity index (χ1v) is 9.98. The molecule has 0 unspecified atom stereocenters. The molecule has 31 heavy (non-hydrogen) atoms. The van der Waals surface area contributed by atoms with Gasteiger partial charge in [0.25, 0.3) is 0 Å². The third kappa shape index (κ3) is 3.39. The van der Waals surface area contributed by atoms with Gasteiger partial charge in [0.2, 0.25) is 0 Å². The maximum atomic E-state index is 14.3. The fourth-order valence-corrected chi connectivity index (χ4v) is 4.14. The predicted octanol–water partition coefficient (Wildman–Crippen LogP) is 3.63. The van der Waals surface area contributed by atoms with Gasteiger partial charge in [0.05, 0.1) is 16.8 Å². The average molecular weight is 413 g/mol. The monoisotopic (exact) mass is 413 g/mol. The number of pyridine rings is 2. The van der Waals surface area contributed by atoms with Crippen LogP contribution >= 0.6 is 0 Å². The summed E-state index contributed by atoms with van der Waals surface area (Å²) in [4.78, 5) is 18.5. The lowest BCUT2D eigenvalue weighted by Gasteiger charge is -2.26. The van der Waals surface area contributed by atoms with E-state index < -0.39 is 0 Å². The van der Waals surface area contributed by atoms with E-state index in [0.29, 0.717) is 23.6 Å². The molecule has 1 fully saturated rings. The summed E-state index contributed by atoms with van der Waals surface area (Å²) >= 11 is 0. The maximum Gasteiger partial charge on any atom is 0.151 e. The van der Waals surface area contributed by atoms with Gasteiger partial charge < -0.3 is 15.6 Å². The van der Waals surface area contributed by atoms with E-state index in [-0.39, 0.29) is 16.9 Å². The largest absolute Gasteiger partial charge is 0.368 e. The number of nitriles is 1.